The minimum Gasteiger partial charge on any atom is -0.381 e. The second-order valence-corrected chi connectivity index (χ2v) is 6.78. The first-order valence-electron chi connectivity index (χ1n) is 9.11. The molecule has 0 aliphatic carbocycles. The number of aryl methyl sites for hydroxylation is 1. The molecule has 0 atom stereocenters. The zero-order valence-corrected chi connectivity index (χ0v) is 15.2. The Morgan fingerprint density at radius 1 is 1.19 bits per heavy atom. The number of rotatable bonds is 5. The van der Waals surface area contributed by atoms with Gasteiger partial charge in [0.05, 0.1) is 6.54 Å². The zero-order valence-electron chi connectivity index (χ0n) is 15.2. The van der Waals surface area contributed by atoms with Gasteiger partial charge in [-0.25, -0.2) is 4.39 Å². The monoisotopic (exact) mass is 355 g/mol. The van der Waals surface area contributed by atoms with E-state index < -0.39 is 0 Å². The van der Waals surface area contributed by atoms with Crippen LogP contribution in [0.15, 0.2) is 53.5 Å². The predicted molar refractivity (Wildman–Crippen MR) is 104 cm³/mol. The number of hydrogen-bond donors (Lipinski definition) is 2. The van der Waals surface area contributed by atoms with Crippen LogP contribution in [-0.4, -0.2) is 25.7 Å². The third-order valence-corrected chi connectivity index (χ3v) is 5.05. The lowest BCUT2D eigenvalue weighted by atomic mass is 9.74. The van der Waals surface area contributed by atoms with E-state index in [1.807, 2.05) is 18.2 Å². The second-order valence-electron chi connectivity index (χ2n) is 6.78. The molecule has 0 bridgehead atoms. The van der Waals surface area contributed by atoms with Crippen LogP contribution in [0.3, 0.4) is 0 Å². The fourth-order valence-electron chi connectivity index (χ4n) is 3.41. The van der Waals surface area contributed by atoms with E-state index in [4.69, 9.17) is 10.5 Å². The normalized spacial score (nSPS) is 17.1. The first-order valence-corrected chi connectivity index (χ1v) is 9.11. The lowest BCUT2D eigenvalue weighted by Crippen LogP contribution is -2.38. The molecule has 2 aromatic carbocycles. The van der Waals surface area contributed by atoms with Crippen LogP contribution in [0.4, 0.5) is 10.1 Å². The molecule has 26 heavy (non-hydrogen) atoms. The number of aliphatic imine (C=N–C) groups is 1. The number of anilines is 1. The molecule has 0 unspecified atom stereocenters. The Morgan fingerprint density at radius 2 is 1.96 bits per heavy atom. The first-order chi connectivity index (χ1) is 12.6. The van der Waals surface area contributed by atoms with Crippen LogP contribution in [-0.2, 0) is 16.6 Å². The van der Waals surface area contributed by atoms with Crippen molar-refractivity contribution in [3.8, 4) is 0 Å². The van der Waals surface area contributed by atoms with Crippen molar-refractivity contribution < 1.29 is 9.13 Å². The third kappa shape index (κ3) is 4.41. The standard InChI is InChI=1S/C21H26FN3O/c1-2-16-5-3-8-19(13-16)25-20(23)24-15-21(9-11-26-12-10-21)17-6-4-7-18(22)14-17/h3-8,13-14H,2,9-12,15H2,1H3,(H3,23,24,25). The average Bonchev–Trinajstić information content (AvgIpc) is 2.67. The second kappa shape index (κ2) is 8.32. The van der Waals surface area contributed by atoms with Crippen molar-refractivity contribution in [1.82, 2.24) is 0 Å². The van der Waals surface area contributed by atoms with Gasteiger partial charge in [-0.2, -0.15) is 0 Å². The summed E-state index contributed by atoms with van der Waals surface area (Å²) in [4.78, 5) is 4.58. The molecular formula is C21H26FN3O. The van der Waals surface area contributed by atoms with Gasteiger partial charge in [0.1, 0.15) is 5.82 Å². The van der Waals surface area contributed by atoms with E-state index in [9.17, 15) is 4.39 Å². The molecule has 1 fully saturated rings. The van der Waals surface area contributed by atoms with Gasteiger partial charge in [0, 0.05) is 24.3 Å². The van der Waals surface area contributed by atoms with E-state index >= 15 is 0 Å². The van der Waals surface area contributed by atoms with Crippen LogP contribution in [0.5, 0.6) is 0 Å². The van der Waals surface area contributed by atoms with E-state index in [2.05, 4.69) is 29.4 Å². The molecule has 1 saturated heterocycles. The highest BCUT2D eigenvalue weighted by Crippen LogP contribution is 2.35. The maximum Gasteiger partial charge on any atom is 0.193 e. The molecule has 1 heterocycles. The average molecular weight is 355 g/mol. The van der Waals surface area contributed by atoms with Gasteiger partial charge < -0.3 is 15.8 Å². The highest BCUT2D eigenvalue weighted by molar-refractivity contribution is 5.92. The van der Waals surface area contributed by atoms with Crippen LogP contribution in [0.2, 0.25) is 0 Å². The van der Waals surface area contributed by atoms with Gasteiger partial charge in [-0.05, 0) is 54.7 Å². The first kappa shape index (κ1) is 18.4. The van der Waals surface area contributed by atoms with Crippen molar-refractivity contribution in [3.05, 3.63) is 65.5 Å². The number of benzene rings is 2. The molecular weight excluding hydrogens is 329 g/mol. The Labute approximate surface area is 154 Å². The molecule has 2 aromatic rings. The van der Waals surface area contributed by atoms with E-state index in [-0.39, 0.29) is 11.2 Å². The van der Waals surface area contributed by atoms with Crippen molar-refractivity contribution in [2.24, 2.45) is 10.7 Å². The SMILES string of the molecule is CCc1cccc(NC(N)=NCC2(c3cccc(F)c3)CCOCC2)c1. The minimum absolute atomic E-state index is 0.222. The summed E-state index contributed by atoms with van der Waals surface area (Å²) in [7, 11) is 0. The molecule has 138 valence electrons. The van der Waals surface area contributed by atoms with Gasteiger partial charge in [0.25, 0.3) is 0 Å². The summed E-state index contributed by atoms with van der Waals surface area (Å²) in [6, 6.07) is 14.9. The van der Waals surface area contributed by atoms with Crippen molar-refractivity contribution in [3.63, 3.8) is 0 Å². The van der Waals surface area contributed by atoms with Gasteiger partial charge in [0.15, 0.2) is 5.96 Å². The Morgan fingerprint density at radius 3 is 2.69 bits per heavy atom. The molecule has 4 nitrogen and oxygen atoms in total. The Balaban J connectivity index is 1.77. The van der Waals surface area contributed by atoms with Gasteiger partial charge >= 0.3 is 0 Å². The number of hydrogen-bond acceptors (Lipinski definition) is 2. The molecule has 0 spiro atoms. The molecule has 3 rings (SSSR count). The third-order valence-electron chi connectivity index (χ3n) is 5.05. The lowest BCUT2D eigenvalue weighted by molar-refractivity contribution is 0.0530. The number of halogens is 1. The highest BCUT2D eigenvalue weighted by atomic mass is 19.1. The fourth-order valence-corrected chi connectivity index (χ4v) is 3.41. The molecule has 0 aromatic heterocycles. The molecule has 0 saturated carbocycles. The van der Waals surface area contributed by atoms with Crippen molar-refractivity contribution in [2.75, 3.05) is 25.1 Å². The fraction of sp³-hybridized carbons (Fsp3) is 0.381. The Hall–Kier alpha value is -2.40. The Kier molecular flexibility index (Phi) is 5.89. The van der Waals surface area contributed by atoms with Crippen molar-refractivity contribution >= 4 is 11.6 Å². The predicted octanol–water partition coefficient (Wildman–Crippen LogP) is 3.86. The molecule has 0 amide bonds. The maximum atomic E-state index is 13.7. The molecule has 5 heteroatoms. The largest absolute Gasteiger partial charge is 0.381 e. The summed E-state index contributed by atoms with van der Waals surface area (Å²) in [6.07, 6.45) is 2.58. The van der Waals surface area contributed by atoms with Crippen LogP contribution < -0.4 is 11.1 Å². The highest BCUT2D eigenvalue weighted by Gasteiger charge is 2.34. The van der Waals surface area contributed by atoms with Gasteiger partial charge in [-0.1, -0.05) is 31.2 Å². The summed E-state index contributed by atoms with van der Waals surface area (Å²) < 4.78 is 19.3. The summed E-state index contributed by atoms with van der Waals surface area (Å²) in [5, 5.41) is 3.16. The molecule has 3 N–H and O–H groups in total. The van der Waals surface area contributed by atoms with Gasteiger partial charge in [-0.15, -0.1) is 0 Å². The number of ether oxygens (including phenoxy) is 1. The summed E-state index contributed by atoms with van der Waals surface area (Å²) >= 11 is 0. The van der Waals surface area contributed by atoms with Gasteiger partial charge in [-0.3, -0.25) is 4.99 Å². The maximum absolute atomic E-state index is 13.7. The summed E-state index contributed by atoms with van der Waals surface area (Å²) in [5.74, 6) is 0.153. The van der Waals surface area contributed by atoms with Crippen LogP contribution in [0, 0.1) is 5.82 Å². The van der Waals surface area contributed by atoms with Crippen molar-refractivity contribution in [1.29, 1.82) is 0 Å². The van der Waals surface area contributed by atoms with Crippen LogP contribution in [0.1, 0.15) is 30.9 Å². The zero-order chi connectivity index (χ0) is 18.4. The molecule has 1 aliphatic rings. The minimum atomic E-state index is -0.238. The van der Waals surface area contributed by atoms with E-state index in [0.29, 0.717) is 25.7 Å². The van der Waals surface area contributed by atoms with Crippen molar-refractivity contribution in [2.45, 2.75) is 31.6 Å². The smallest absolute Gasteiger partial charge is 0.193 e. The van der Waals surface area contributed by atoms with E-state index in [0.717, 1.165) is 30.5 Å². The quantitative estimate of drug-likeness (QED) is 0.632. The number of nitrogens with zero attached hydrogens (tertiary/aromatic N) is 1. The number of nitrogens with two attached hydrogens (primary N) is 1. The summed E-state index contributed by atoms with van der Waals surface area (Å²) in [6.45, 7) is 3.92. The van der Waals surface area contributed by atoms with Gasteiger partial charge in [0.2, 0.25) is 0 Å². The van der Waals surface area contributed by atoms with Crippen LogP contribution in [0.25, 0.3) is 0 Å². The number of nitrogens with one attached hydrogen (secondary N) is 1. The van der Waals surface area contributed by atoms with E-state index in [1.54, 1.807) is 12.1 Å². The van der Waals surface area contributed by atoms with E-state index in [1.165, 1.54) is 11.6 Å². The molecule has 0 radical (unpaired) electrons. The van der Waals surface area contributed by atoms with Crippen LogP contribution >= 0.6 is 0 Å². The topological polar surface area (TPSA) is 59.6 Å². The lowest BCUT2D eigenvalue weighted by Gasteiger charge is -2.36. The summed E-state index contributed by atoms with van der Waals surface area (Å²) in [5.41, 5.74) is 9.01. The molecule has 1 aliphatic heterocycles. The Bertz CT molecular complexity index is 769. The number of guanidine groups is 1.